The van der Waals surface area contributed by atoms with E-state index < -0.39 is 34.7 Å². The van der Waals surface area contributed by atoms with E-state index in [1.54, 1.807) is 41.5 Å². The van der Waals surface area contributed by atoms with Crippen molar-refractivity contribution in [2.75, 3.05) is 41.5 Å². The number of benzene rings is 2. The van der Waals surface area contributed by atoms with Crippen LogP contribution >= 0.6 is 0 Å². The third kappa shape index (κ3) is 7.47. The first-order chi connectivity index (χ1) is 20.9. The number of hydrazine groups is 2. The van der Waals surface area contributed by atoms with E-state index >= 15 is 0 Å². The summed E-state index contributed by atoms with van der Waals surface area (Å²) in [6, 6.07) is 7.88. The first-order valence-corrected chi connectivity index (χ1v) is 16.4. The third-order valence-corrected chi connectivity index (χ3v) is 8.36. The molecule has 2 aromatic carbocycles. The number of sulfonamides is 1. The van der Waals surface area contributed by atoms with E-state index in [-0.39, 0.29) is 35.0 Å². The number of nitrogens with zero attached hydrogens (tertiary/aromatic N) is 3. The molecule has 0 bridgehead atoms. The number of ether oxygens (including phenoxy) is 1. The number of aliphatic imine (C=N–C) groups is 1. The zero-order valence-corrected chi connectivity index (χ0v) is 26.8. The molecule has 1 amide bonds. The number of hydrogen-bond acceptors (Lipinski definition) is 9. The van der Waals surface area contributed by atoms with Gasteiger partial charge in [-0.25, -0.2) is 8.42 Å². The summed E-state index contributed by atoms with van der Waals surface area (Å²) in [5.41, 5.74) is 9.07. The largest absolute Gasteiger partial charge is 0.492 e. The highest BCUT2D eigenvalue weighted by molar-refractivity contribution is 7.92. The van der Waals surface area contributed by atoms with Crippen LogP contribution in [0.5, 0.6) is 5.75 Å². The summed E-state index contributed by atoms with van der Waals surface area (Å²) < 4.78 is 72.6. The molecule has 0 spiro atoms. The van der Waals surface area contributed by atoms with Crippen molar-refractivity contribution in [1.29, 1.82) is 0 Å². The SMILES string of the molecule is COc1c(NC(=O)c2ccc(C)c(N3C=C(C4CN=C(C5CC5)N4CC(F)(F)F)NN3)c2)cc(C(C)(C)C)cc1NS(C)(=O)=O. The highest BCUT2D eigenvalue weighted by atomic mass is 32.2. The maximum atomic E-state index is 13.6. The summed E-state index contributed by atoms with van der Waals surface area (Å²) in [5.74, 6) is 0.257. The number of nitrogens with one attached hydrogen (secondary N) is 4. The normalized spacial score (nSPS) is 18.8. The van der Waals surface area contributed by atoms with Crippen molar-refractivity contribution < 1.29 is 31.1 Å². The van der Waals surface area contributed by atoms with Crippen molar-refractivity contribution in [2.45, 2.75) is 58.2 Å². The first kappa shape index (κ1) is 32.4. The van der Waals surface area contributed by atoms with Crippen LogP contribution in [-0.4, -0.2) is 63.7 Å². The van der Waals surface area contributed by atoms with E-state index in [0.29, 0.717) is 22.8 Å². The molecule has 1 atom stereocenters. The molecule has 1 saturated carbocycles. The molecule has 2 aromatic rings. The van der Waals surface area contributed by atoms with Gasteiger partial charge in [0.15, 0.2) is 5.75 Å². The monoisotopic (exact) mass is 649 g/mol. The Bertz CT molecular complexity index is 1660. The van der Waals surface area contributed by atoms with Crippen LogP contribution in [0.3, 0.4) is 0 Å². The number of carbonyl (C=O) groups excluding carboxylic acids is 1. The Kier molecular flexibility index (Phi) is 8.46. The number of methoxy groups -OCH3 is 1. The molecule has 5 rings (SSSR count). The Hall–Kier alpha value is -3.98. The molecular weight excluding hydrogens is 611 g/mol. The second kappa shape index (κ2) is 11.7. The minimum absolute atomic E-state index is 0.0711. The Morgan fingerprint density at radius 3 is 2.42 bits per heavy atom. The van der Waals surface area contributed by atoms with Crippen LogP contribution in [0.1, 0.15) is 55.1 Å². The summed E-state index contributed by atoms with van der Waals surface area (Å²) in [4.78, 5) is 19.4. The van der Waals surface area contributed by atoms with Gasteiger partial charge in [-0.05, 0) is 60.6 Å². The topological polar surface area (TPSA) is 127 Å². The average Bonchev–Trinajstić information content (AvgIpc) is 3.50. The van der Waals surface area contributed by atoms with Gasteiger partial charge in [0, 0.05) is 17.7 Å². The van der Waals surface area contributed by atoms with Gasteiger partial charge in [-0.15, -0.1) is 5.53 Å². The first-order valence-electron chi connectivity index (χ1n) is 14.5. The molecule has 11 nitrogen and oxygen atoms in total. The number of aryl methyl sites for hydroxylation is 1. The molecule has 45 heavy (non-hydrogen) atoms. The molecule has 4 N–H and O–H groups in total. The van der Waals surface area contributed by atoms with Crippen LogP contribution in [0.4, 0.5) is 30.2 Å². The minimum Gasteiger partial charge on any atom is -0.492 e. The quantitative estimate of drug-likeness (QED) is 0.309. The summed E-state index contributed by atoms with van der Waals surface area (Å²) in [6.07, 6.45) is 0.0182. The zero-order valence-electron chi connectivity index (χ0n) is 26.0. The number of anilines is 3. The van der Waals surface area contributed by atoms with Crippen molar-refractivity contribution in [3.8, 4) is 5.75 Å². The molecular formula is C30H38F3N7O4S. The van der Waals surface area contributed by atoms with Gasteiger partial charge in [-0.1, -0.05) is 26.8 Å². The van der Waals surface area contributed by atoms with Gasteiger partial charge in [-0.3, -0.25) is 19.5 Å². The Morgan fingerprint density at radius 1 is 1.13 bits per heavy atom. The van der Waals surface area contributed by atoms with E-state index in [4.69, 9.17) is 4.74 Å². The lowest BCUT2D eigenvalue weighted by Gasteiger charge is -2.29. The predicted octanol–water partition coefficient (Wildman–Crippen LogP) is 4.65. The standard InChI is InChI=1S/C30H38F3N7O4S/c1-17-7-8-19(28(41)35-21-12-20(29(2,3)4)13-22(26(21)44-5)37-45(6,42)43)11-24(17)40-15-23(36-38-40)25-14-34-27(18-9-10-18)39(25)16-30(31,32)33/h7-8,11-13,15,18,25,36-38H,9-10,14,16H2,1-6H3,(H,35,41). The van der Waals surface area contributed by atoms with E-state index in [1.165, 1.54) is 12.0 Å². The molecule has 0 radical (unpaired) electrons. The maximum Gasteiger partial charge on any atom is 0.405 e. The van der Waals surface area contributed by atoms with Crippen molar-refractivity contribution in [3.05, 3.63) is 58.9 Å². The Labute approximate surface area is 260 Å². The van der Waals surface area contributed by atoms with Crippen molar-refractivity contribution in [1.82, 2.24) is 15.9 Å². The molecule has 2 heterocycles. The van der Waals surface area contributed by atoms with Crippen LogP contribution in [0.15, 0.2) is 47.2 Å². The molecule has 1 aliphatic carbocycles. The Morgan fingerprint density at radius 2 is 1.82 bits per heavy atom. The van der Waals surface area contributed by atoms with Gasteiger partial charge in [0.05, 0.1) is 48.7 Å². The molecule has 15 heteroatoms. The fraction of sp³-hybridized carbons (Fsp3) is 0.467. The summed E-state index contributed by atoms with van der Waals surface area (Å²) in [6.45, 7) is 6.86. The van der Waals surface area contributed by atoms with E-state index in [1.807, 2.05) is 27.7 Å². The fourth-order valence-corrected chi connectivity index (χ4v) is 5.92. The van der Waals surface area contributed by atoms with Gasteiger partial charge in [0.2, 0.25) is 10.0 Å². The molecule has 3 aliphatic rings. The smallest absolute Gasteiger partial charge is 0.405 e. The van der Waals surface area contributed by atoms with E-state index in [0.717, 1.165) is 30.2 Å². The highest BCUT2D eigenvalue weighted by Gasteiger charge is 2.45. The number of carbonyl (C=O) groups is 1. The van der Waals surface area contributed by atoms with Crippen molar-refractivity contribution in [2.24, 2.45) is 10.9 Å². The minimum atomic E-state index is -4.38. The number of rotatable bonds is 9. The van der Waals surface area contributed by atoms with Gasteiger partial charge in [-0.2, -0.15) is 13.2 Å². The van der Waals surface area contributed by atoms with Crippen LogP contribution < -0.4 is 30.7 Å². The van der Waals surface area contributed by atoms with Crippen LogP contribution in [0, 0.1) is 12.8 Å². The second-order valence-corrected chi connectivity index (χ2v) is 14.4. The zero-order chi connectivity index (χ0) is 32.9. The molecule has 244 valence electrons. The fourth-order valence-electron chi connectivity index (χ4n) is 5.37. The lowest BCUT2D eigenvalue weighted by molar-refractivity contribution is -0.139. The number of alkyl halides is 3. The number of hydrogen-bond donors (Lipinski definition) is 4. The highest BCUT2D eigenvalue weighted by Crippen LogP contribution is 2.40. The van der Waals surface area contributed by atoms with Gasteiger partial charge >= 0.3 is 6.18 Å². The van der Waals surface area contributed by atoms with Crippen LogP contribution in [0.25, 0.3) is 0 Å². The predicted molar refractivity (Wildman–Crippen MR) is 168 cm³/mol. The third-order valence-electron chi connectivity index (χ3n) is 7.77. The second-order valence-electron chi connectivity index (χ2n) is 12.6. The van der Waals surface area contributed by atoms with E-state index in [9.17, 15) is 26.4 Å². The summed E-state index contributed by atoms with van der Waals surface area (Å²) >= 11 is 0. The lowest BCUT2D eigenvalue weighted by Crippen LogP contribution is -2.47. The number of amides is 1. The van der Waals surface area contributed by atoms with Crippen molar-refractivity contribution in [3.63, 3.8) is 0 Å². The Balaban J connectivity index is 1.41. The molecule has 0 aromatic heterocycles. The molecule has 1 fully saturated rings. The summed E-state index contributed by atoms with van der Waals surface area (Å²) in [5, 5.41) is 4.48. The van der Waals surface area contributed by atoms with Crippen LogP contribution in [0.2, 0.25) is 0 Å². The number of amidine groups is 1. The molecule has 1 unspecified atom stereocenters. The molecule has 2 aliphatic heterocycles. The maximum absolute atomic E-state index is 13.6. The van der Waals surface area contributed by atoms with E-state index in [2.05, 4.69) is 26.0 Å². The molecule has 0 saturated heterocycles. The van der Waals surface area contributed by atoms with Gasteiger partial charge < -0.3 is 20.4 Å². The van der Waals surface area contributed by atoms with Crippen LogP contribution in [-0.2, 0) is 15.4 Å². The summed E-state index contributed by atoms with van der Waals surface area (Å²) in [7, 11) is -2.27. The lowest BCUT2D eigenvalue weighted by atomic mass is 9.86. The van der Waals surface area contributed by atoms with Gasteiger partial charge in [0.1, 0.15) is 12.4 Å². The average molecular weight is 650 g/mol. The van der Waals surface area contributed by atoms with Crippen molar-refractivity contribution >= 4 is 38.8 Å². The van der Waals surface area contributed by atoms with Gasteiger partial charge in [0.25, 0.3) is 5.91 Å². The number of halogens is 3.